The van der Waals surface area contributed by atoms with Gasteiger partial charge in [-0.3, -0.25) is 9.59 Å². The number of aryl methyl sites for hydroxylation is 1. The first-order valence-electron chi connectivity index (χ1n) is 15.6. The SMILES string of the molecule is Cc1nc(C(=O)NCC2=NOC(Cc3ccccc3)(C(=O)N[C@@H](CC(C)C)B3O[C@@H]4C[C@@H]5C[C@@H](C5(C)C)[C@]4(C)O3)C2)c(Cl)s1. The monoisotopic (exact) mass is 640 g/mol. The largest absolute Gasteiger partial charge is 0.481 e. The minimum atomic E-state index is -1.29. The molecule has 6 atom stereocenters. The Morgan fingerprint density at radius 1 is 1.18 bits per heavy atom. The van der Waals surface area contributed by atoms with E-state index in [4.69, 9.17) is 25.7 Å². The number of aromatic nitrogens is 1. The summed E-state index contributed by atoms with van der Waals surface area (Å²) >= 11 is 7.44. The van der Waals surface area contributed by atoms with Gasteiger partial charge >= 0.3 is 7.12 Å². The van der Waals surface area contributed by atoms with Crippen LogP contribution in [0.5, 0.6) is 0 Å². The fraction of sp³-hybridized carbons (Fsp3) is 0.625. The van der Waals surface area contributed by atoms with E-state index >= 15 is 0 Å². The molecule has 3 aliphatic carbocycles. The van der Waals surface area contributed by atoms with E-state index in [1.54, 1.807) is 6.92 Å². The number of carbonyl (C=O) groups excluding carboxylic acids is 2. The van der Waals surface area contributed by atoms with Crippen LogP contribution >= 0.6 is 22.9 Å². The third-order valence-electron chi connectivity index (χ3n) is 10.3. The summed E-state index contributed by atoms with van der Waals surface area (Å²) in [7, 11) is -0.548. The van der Waals surface area contributed by atoms with Crippen LogP contribution in [-0.4, -0.2) is 59.4 Å². The van der Waals surface area contributed by atoms with E-state index < -0.39 is 18.6 Å². The molecule has 4 fully saturated rings. The molecule has 9 nitrogen and oxygen atoms in total. The number of nitrogens with one attached hydrogen (secondary N) is 2. The van der Waals surface area contributed by atoms with Crippen molar-refractivity contribution in [3.63, 3.8) is 0 Å². The number of benzene rings is 1. The Morgan fingerprint density at radius 3 is 2.59 bits per heavy atom. The standard InChI is InChI=1S/C32H42BClN4O5S/c1-18(2)12-25(33-41-24-14-21-13-23(30(21,4)5)31(24,6)42-33)37-29(40)32(15-20-10-8-7-9-11-20)16-22(38-43-32)17-35-28(39)26-27(34)44-19(3)36-26/h7-11,18,21,23-25H,12-17H2,1-6H3,(H,35,39)(H,37,40)/t21-,23-,24+,25-,31-,32?/m0/s1. The number of thiazole rings is 1. The van der Waals surface area contributed by atoms with Crippen molar-refractivity contribution in [2.75, 3.05) is 6.54 Å². The molecule has 1 unspecified atom stereocenters. The average Bonchev–Trinajstić information content (AvgIpc) is 3.65. The van der Waals surface area contributed by atoms with Crippen molar-refractivity contribution in [2.45, 2.75) is 96.9 Å². The molecule has 0 spiro atoms. The molecule has 1 saturated heterocycles. The van der Waals surface area contributed by atoms with Gasteiger partial charge in [-0.15, -0.1) is 11.3 Å². The lowest BCUT2D eigenvalue weighted by atomic mass is 9.43. The van der Waals surface area contributed by atoms with Crippen molar-refractivity contribution in [1.82, 2.24) is 15.6 Å². The average molecular weight is 641 g/mol. The van der Waals surface area contributed by atoms with Gasteiger partial charge in [-0.2, -0.15) is 0 Å². The van der Waals surface area contributed by atoms with Crippen LogP contribution < -0.4 is 10.6 Å². The van der Waals surface area contributed by atoms with Crippen molar-refractivity contribution in [1.29, 1.82) is 0 Å². The van der Waals surface area contributed by atoms with Gasteiger partial charge in [0.2, 0.25) is 5.60 Å². The molecule has 44 heavy (non-hydrogen) atoms. The number of halogens is 1. The molecule has 3 saturated carbocycles. The van der Waals surface area contributed by atoms with Crippen LogP contribution in [0, 0.1) is 30.1 Å². The number of hydrogen-bond donors (Lipinski definition) is 2. The third-order valence-corrected chi connectivity index (χ3v) is 11.5. The fourth-order valence-corrected chi connectivity index (χ4v) is 8.88. The summed E-state index contributed by atoms with van der Waals surface area (Å²) in [4.78, 5) is 37.3. The molecule has 5 aliphatic rings. The van der Waals surface area contributed by atoms with E-state index in [2.05, 4.69) is 55.4 Å². The van der Waals surface area contributed by atoms with Gasteiger partial charge in [-0.05, 0) is 61.8 Å². The highest BCUT2D eigenvalue weighted by Gasteiger charge is 2.68. The van der Waals surface area contributed by atoms with Crippen LogP contribution in [-0.2, 0) is 25.4 Å². The van der Waals surface area contributed by atoms with E-state index in [0.717, 1.165) is 18.4 Å². The lowest BCUT2D eigenvalue weighted by Gasteiger charge is -2.64. The number of amides is 2. The van der Waals surface area contributed by atoms with Gasteiger partial charge in [-0.1, -0.05) is 74.8 Å². The molecule has 2 aliphatic heterocycles. The molecule has 2 aromatic rings. The second-order valence-corrected chi connectivity index (χ2v) is 16.0. The Labute approximate surface area is 269 Å². The molecule has 12 heteroatoms. The zero-order valence-corrected chi connectivity index (χ0v) is 27.9. The molecule has 0 radical (unpaired) electrons. The molecule has 3 heterocycles. The van der Waals surface area contributed by atoms with Gasteiger partial charge in [0, 0.05) is 12.8 Å². The number of oxime groups is 1. The van der Waals surface area contributed by atoms with Crippen molar-refractivity contribution >= 4 is 47.6 Å². The van der Waals surface area contributed by atoms with E-state index in [1.165, 1.54) is 11.3 Å². The van der Waals surface area contributed by atoms with Crippen molar-refractivity contribution in [3.05, 3.63) is 50.9 Å². The maximum Gasteiger partial charge on any atom is 0.481 e. The van der Waals surface area contributed by atoms with Crippen molar-refractivity contribution < 1.29 is 23.7 Å². The molecular formula is C32H42BClN4O5S. The summed E-state index contributed by atoms with van der Waals surface area (Å²) in [6, 6.07) is 9.76. The number of nitrogens with zero attached hydrogens (tertiary/aromatic N) is 2. The van der Waals surface area contributed by atoms with E-state index in [1.807, 2.05) is 30.3 Å². The molecule has 2 N–H and O–H groups in total. The first-order valence-corrected chi connectivity index (χ1v) is 16.8. The molecule has 236 valence electrons. The predicted octanol–water partition coefficient (Wildman–Crippen LogP) is 5.39. The highest BCUT2D eigenvalue weighted by atomic mass is 35.5. The number of rotatable bonds is 10. The zero-order valence-electron chi connectivity index (χ0n) is 26.3. The van der Waals surface area contributed by atoms with Crippen LogP contribution in [0.1, 0.15) is 81.4 Å². The van der Waals surface area contributed by atoms with Crippen LogP contribution in [0.15, 0.2) is 35.5 Å². The second kappa shape index (κ2) is 11.7. The minimum Gasteiger partial charge on any atom is -0.404 e. The molecule has 2 amide bonds. The van der Waals surface area contributed by atoms with E-state index in [0.29, 0.717) is 45.7 Å². The first kappa shape index (κ1) is 31.5. The van der Waals surface area contributed by atoms with E-state index in [9.17, 15) is 9.59 Å². The third kappa shape index (κ3) is 5.69. The topological polar surface area (TPSA) is 111 Å². The summed E-state index contributed by atoms with van der Waals surface area (Å²) in [6.07, 6.45) is 3.39. The highest BCUT2D eigenvalue weighted by Crippen LogP contribution is 2.65. The van der Waals surface area contributed by atoms with Gasteiger partial charge in [0.1, 0.15) is 4.34 Å². The maximum atomic E-state index is 14.3. The zero-order chi connectivity index (χ0) is 31.4. The Kier molecular flexibility index (Phi) is 8.39. The van der Waals surface area contributed by atoms with Gasteiger partial charge < -0.3 is 24.8 Å². The van der Waals surface area contributed by atoms with Crippen molar-refractivity contribution in [3.8, 4) is 0 Å². The Balaban J connectivity index is 1.18. The van der Waals surface area contributed by atoms with Crippen molar-refractivity contribution in [2.24, 2.45) is 28.3 Å². The summed E-state index contributed by atoms with van der Waals surface area (Å²) in [5, 5.41) is 11.1. The summed E-state index contributed by atoms with van der Waals surface area (Å²) in [5.41, 5.74) is 0.255. The predicted molar refractivity (Wildman–Crippen MR) is 172 cm³/mol. The molecule has 1 aromatic heterocycles. The Hall–Kier alpha value is -2.47. The normalized spacial score (nSPS) is 30.7. The van der Waals surface area contributed by atoms with E-state index in [-0.39, 0.29) is 47.6 Å². The number of hydrogen-bond acceptors (Lipinski definition) is 8. The molecule has 1 aromatic carbocycles. The lowest BCUT2D eigenvalue weighted by Crippen LogP contribution is -2.65. The smallest absolute Gasteiger partial charge is 0.404 e. The molecule has 7 rings (SSSR count). The summed E-state index contributed by atoms with van der Waals surface area (Å²) in [5.74, 6) is 0.337. The second-order valence-electron chi connectivity index (χ2n) is 14.2. The quantitative estimate of drug-likeness (QED) is 0.337. The van der Waals surface area contributed by atoms with Crippen LogP contribution in [0.2, 0.25) is 4.34 Å². The maximum absolute atomic E-state index is 14.3. The van der Waals surface area contributed by atoms with Crippen LogP contribution in [0.25, 0.3) is 0 Å². The van der Waals surface area contributed by atoms with Gasteiger partial charge in [0.25, 0.3) is 11.8 Å². The van der Waals surface area contributed by atoms with Gasteiger partial charge in [0.15, 0.2) is 5.69 Å². The summed E-state index contributed by atoms with van der Waals surface area (Å²) < 4.78 is 13.7. The summed E-state index contributed by atoms with van der Waals surface area (Å²) in [6.45, 7) is 13.1. The number of carbonyl (C=O) groups is 2. The Bertz CT molecular complexity index is 1450. The van der Waals surface area contributed by atoms with Gasteiger partial charge in [-0.25, -0.2) is 4.98 Å². The first-order chi connectivity index (χ1) is 20.8. The van der Waals surface area contributed by atoms with Crippen LogP contribution in [0.3, 0.4) is 0 Å². The fourth-order valence-electron chi connectivity index (χ4n) is 7.79. The Morgan fingerprint density at radius 2 is 1.93 bits per heavy atom. The minimum absolute atomic E-state index is 0.0189. The lowest BCUT2D eigenvalue weighted by molar-refractivity contribution is -0.199. The van der Waals surface area contributed by atoms with Crippen LogP contribution in [0.4, 0.5) is 0 Å². The highest BCUT2D eigenvalue weighted by molar-refractivity contribution is 7.16. The van der Waals surface area contributed by atoms with Gasteiger partial charge in [0.05, 0.1) is 34.9 Å². The molecule has 2 bridgehead atoms. The molecular weight excluding hydrogens is 599 g/mol.